The van der Waals surface area contributed by atoms with E-state index in [4.69, 9.17) is 0 Å². The topological polar surface area (TPSA) is 60.2 Å². The molecule has 1 rings (SSSR count). The van der Waals surface area contributed by atoms with Crippen LogP contribution < -0.4 is 0 Å². The SMILES string of the molecule is Cc1ccc([N+](=O)[O-])cc1CS(=O)C(C)(C)C. The van der Waals surface area contributed by atoms with Crippen molar-refractivity contribution in [2.24, 2.45) is 0 Å². The second-order valence-electron chi connectivity index (χ2n) is 4.97. The first kappa shape index (κ1) is 13.8. The molecule has 4 nitrogen and oxygen atoms in total. The Hall–Kier alpha value is -1.23. The van der Waals surface area contributed by atoms with Crippen LogP contribution in [0.5, 0.6) is 0 Å². The van der Waals surface area contributed by atoms with E-state index in [0.717, 1.165) is 11.1 Å². The fourth-order valence-electron chi connectivity index (χ4n) is 1.28. The minimum absolute atomic E-state index is 0.0523. The van der Waals surface area contributed by atoms with Gasteiger partial charge >= 0.3 is 0 Å². The minimum atomic E-state index is -1.04. The molecule has 0 saturated carbocycles. The highest BCUT2D eigenvalue weighted by Gasteiger charge is 2.21. The molecule has 0 spiro atoms. The number of non-ortho nitro benzene ring substituents is 1. The summed E-state index contributed by atoms with van der Waals surface area (Å²) in [5.41, 5.74) is 1.78. The minimum Gasteiger partial charge on any atom is -0.259 e. The van der Waals surface area contributed by atoms with Crippen LogP contribution in [-0.4, -0.2) is 13.9 Å². The van der Waals surface area contributed by atoms with Crippen LogP contribution in [0.25, 0.3) is 0 Å². The lowest BCUT2D eigenvalue weighted by Crippen LogP contribution is -2.23. The lowest BCUT2D eigenvalue weighted by atomic mass is 10.1. The van der Waals surface area contributed by atoms with Gasteiger partial charge in [0, 0.05) is 33.4 Å². The zero-order valence-corrected chi connectivity index (χ0v) is 11.3. The predicted molar refractivity (Wildman–Crippen MR) is 69.4 cm³/mol. The van der Waals surface area contributed by atoms with Gasteiger partial charge in [0.05, 0.1) is 4.92 Å². The average Bonchev–Trinajstić information content (AvgIpc) is 2.19. The Morgan fingerprint density at radius 3 is 2.41 bits per heavy atom. The van der Waals surface area contributed by atoms with Crippen LogP contribution in [0.2, 0.25) is 0 Å². The van der Waals surface area contributed by atoms with Crippen molar-refractivity contribution >= 4 is 16.5 Å². The van der Waals surface area contributed by atoms with E-state index in [0.29, 0.717) is 5.75 Å². The Kier molecular flexibility index (Phi) is 4.03. The number of nitrogens with zero attached hydrogens (tertiary/aromatic N) is 1. The number of hydrogen-bond acceptors (Lipinski definition) is 3. The molecule has 5 heteroatoms. The van der Waals surface area contributed by atoms with E-state index < -0.39 is 15.7 Å². The molecule has 1 unspecified atom stereocenters. The third-order valence-corrected chi connectivity index (χ3v) is 4.45. The molecule has 1 aromatic carbocycles. The summed E-state index contributed by atoms with van der Waals surface area (Å²) in [7, 11) is -1.04. The monoisotopic (exact) mass is 255 g/mol. The summed E-state index contributed by atoms with van der Waals surface area (Å²) in [5, 5.41) is 10.7. The van der Waals surface area contributed by atoms with Gasteiger partial charge in [0.1, 0.15) is 0 Å². The third-order valence-electron chi connectivity index (χ3n) is 2.51. The van der Waals surface area contributed by atoms with Gasteiger partial charge in [0.25, 0.3) is 5.69 Å². The predicted octanol–water partition coefficient (Wildman–Crippen LogP) is 2.95. The molecule has 0 aliphatic heterocycles. The molecule has 0 aliphatic rings. The van der Waals surface area contributed by atoms with Crippen LogP contribution in [0, 0.1) is 17.0 Å². The van der Waals surface area contributed by atoms with E-state index in [1.54, 1.807) is 6.07 Å². The molecule has 0 radical (unpaired) electrons. The second-order valence-corrected chi connectivity index (χ2v) is 7.17. The van der Waals surface area contributed by atoms with E-state index >= 15 is 0 Å². The standard InChI is InChI=1S/C12H17NO3S/c1-9-5-6-11(13(14)15)7-10(9)8-17(16)12(2,3)4/h5-7H,8H2,1-4H3. The number of aryl methyl sites for hydroxylation is 1. The first-order chi connectivity index (χ1) is 7.71. The summed E-state index contributed by atoms with van der Waals surface area (Å²) < 4.78 is 11.7. The maximum atomic E-state index is 12.0. The van der Waals surface area contributed by atoms with Gasteiger partial charge in [-0.3, -0.25) is 14.3 Å². The highest BCUT2D eigenvalue weighted by Crippen LogP contribution is 2.22. The molecule has 17 heavy (non-hydrogen) atoms. The third kappa shape index (κ3) is 3.63. The maximum absolute atomic E-state index is 12.0. The van der Waals surface area contributed by atoms with Crippen LogP contribution in [0.3, 0.4) is 0 Å². The molecular formula is C12H17NO3S. The fraction of sp³-hybridized carbons (Fsp3) is 0.500. The molecule has 0 amide bonds. The largest absolute Gasteiger partial charge is 0.269 e. The highest BCUT2D eigenvalue weighted by molar-refractivity contribution is 7.85. The zero-order valence-electron chi connectivity index (χ0n) is 10.5. The lowest BCUT2D eigenvalue weighted by Gasteiger charge is -2.18. The summed E-state index contributed by atoms with van der Waals surface area (Å²) in [5.74, 6) is 0.358. The van der Waals surface area contributed by atoms with Gasteiger partial charge in [-0.15, -0.1) is 0 Å². The van der Waals surface area contributed by atoms with Crippen molar-refractivity contribution in [3.63, 3.8) is 0 Å². The van der Waals surface area contributed by atoms with Crippen LogP contribution >= 0.6 is 0 Å². The number of benzene rings is 1. The lowest BCUT2D eigenvalue weighted by molar-refractivity contribution is -0.384. The molecule has 0 saturated heterocycles. The smallest absolute Gasteiger partial charge is 0.259 e. The van der Waals surface area contributed by atoms with Gasteiger partial charge in [0.2, 0.25) is 0 Å². The summed E-state index contributed by atoms with van der Waals surface area (Å²) in [6.45, 7) is 7.57. The van der Waals surface area contributed by atoms with Crippen molar-refractivity contribution in [1.29, 1.82) is 0 Å². The Balaban J connectivity index is 3.02. The zero-order chi connectivity index (χ0) is 13.2. The van der Waals surface area contributed by atoms with Crippen LogP contribution in [0.4, 0.5) is 5.69 Å². The average molecular weight is 255 g/mol. The van der Waals surface area contributed by atoms with Gasteiger partial charge in [-0.05, 0) is 38.8 Å². The first-order valence-electron chi connectivity index (χ1n) is 5.34. The molecule has 0 fully saturated rings. The summed E-state index contributed by atoms with van der Waals surface area (Å²) in [6.07, 6.45) is 0. The Morgan fingerprint density at radius 1 is 1.35 bits per heavy atom. The van der Waals surface area contributed by atoms with Gasteiger partial charge in [-0.25, -0.2) is 0 Å². The Morgan fingerprint density at radius 2 is 1.94 bits per heavy atom. The molecule has 94 valence electrons. The Bertz CT molecular complexity index is 463. The van der Waals surface area contributed by atoms with Gasteiger partial charge in [-0.2, -0.15) is 0 Å². The molecule has 0 heterocycles. The summed E-state index contributed by atoms with van der Waals surface area (Å²) in [6, 6.07) is 4.69. The number of rotatable bonds is 3. The normalized spacial score (nSPS) is 13.4. The van der Waals surface area contributed by atoms with Crippen LogP contribution in [0.15, 0.2) is 18.2 Å². The van der Waals surface area contributed by atoms with Crippen molar-refractivity contribution in [1.82, 2.24) is 0 Å². The summed E-state index contributed by atoms with van der Waals surface area (Å²) >= 11 is 0. The molecule has 1 aromatic rings. The van der Waals surface area contributed by atoms with Crippen molar-refractivity contribution < 1.29 is 9.13 Å². The van der Waals surface area contributed by atoms with Crippen LogP contribution in [-0.2, 0) is 16.6 Å². The second kappa shape index (κ2) is 4.96. The van der Waals surface area contributed by atoms with E-state index in [1.165, 1.54) is 12.1 Å². The van der Waals surface area contributed by atoms with Crippen molar-refractivity contribution in [3.05, 3.63) is 39.4 Å². The molecule has 1 atom stereocenters. The Labute approximate surface area is 104 Å². The van der Waals surface area contributed by atoms with E-state index in [2.05, 4.69) is 0 Å². The molecule has 0 aliphatic carbocycles. The summed E-state index contributed by atoms with van der Waals surface area (Å²) in [4.78, 5) is 10.2. The molecular weight excluding hydrogens is 238 g/mol. The molecule has 0 aromatic heterocycles. The van der Waals surface area contributed by atoms with E-state index in [-0.39, 0.29) is 10.4 Å². The van der Waals surface area contributed by atoms with Crippen molar-refractivity contribution in [3.8, 4) is 0 Å². The van der Waals surface area contributed by atoms with Crippen molar-refractivity contribution in [2.75, 3.05) is 0 Å². The van der Waals surface area contributed by atoms with Crippen LogP contribution in [0.1, 0.15) is 31.9 Å². The van der Waals surface area contributed by atoms with Gasteiger partial charge < -0.3 is 0 Å². The quantitative estimate of drug-likeness (QED) is 0.616. The molecule has 0 N–H and O–H groups in total. The maximum Gasteiger partial charge on any atom is 0.269 e. The van der Waals surface area contributed by atoms with E-state index in [1.807, 2.05) is 27.7 Å². The first-order valence-corrected chi connectivity index (χ1v) is 6.66. The number of nitro groups is 1. The van der Waals surface area contributed by atoms with Gasteiger partial charge in [-0.1, -0.05) is 6.07 Å². The fourth-order valence-corrected chi connectivity index (χ4v) is 2.31. The molecule has 0 bridgehead atoms. The van der Waals surface area contributed by atoms with Gasteiger partial charge in [0.15, 0.2) is 0 Å². The number of hydrogen-bond donors (Lipinski definition) is 0. The van der Waals surface area contributed by atoms with E-state index in [9.17, 15) is 14.3 Å². The highest BCUT2D eigenvalue weighted by atomic mass is 32.2. The van der Waals surface area contributed by atoms with Crippen molar-refractivity contribution in [2.45, 2.75) is 38.2 Å². The number of nitro benzene ring substituents is 1.